The van der Waals surface area contributed by atoms with Gasteiger partial charge in [0.2, 0.25) is 0 Å². The van der Waals surface area contributed by atoms with Crippen molar-refractivity contribution in [3.8, 4) is 5.75 Å². The Hall–Kier alpha value is -2.82. The van der Waals surface area contributed by atoms with Gasteiger partial charge >= 0.3 is 0 Å². The highest BCUT2D eigenvalue weighted by Gasteiger charge is 2.33. The van der Waals surface area contributed by atoms with E-state index >= 15 is 0 Å². The quantitative estimate of drug-likeness (QED) is 0.760. The van der Waals surface area contributed by atoms with Gasteiger partial charge in [0, 0.05) is 23.5 Å². The van der Waals surface area contributed by atoms with Crippen molar-refractivity contribution in [2.75, 3.05) is 7.11 Å². The van der Waals surface area contributed by atoms with Crippen LogP contribution in [0.15, 0.2) is 48.5 Å². The van der Waals surface area contributed by atoms with Crippen molar-refractivity contribution in [3.63, 3.8) is 0 Å². The molecule has 3 aromatic rings. The summed E-state index contributed by atoms with van der Waals surface area (Å²) in [5.74, 6) is 0.383. The van der Waals surface area contributed by atoms with Crippen LogP contribution in [0.25, 0.3) is 10.9 Å². The Morgan fingerprint density at radius 2 is 2.00 bits per heavy atom. The molecule has 1 N–H and O–H groups in total. The number of rotatable bonds is 5. The third-order valence-corrected chi connectivity index (χ3v) is 4.60. The van der Waals surface area contributed by atoms with E-state index in [4.69, 9.17) is 4.74 Å². The molecule has 2 aromatic carbocycles. The van der Waals surface area contributed by atoms with E-state index in [1.807, 2.05) is 29.2 Å². The van der Waals surface area contributed by atoms with E-state index in [1.165, 1.54) is 6.07 Å². The monoisotopic (exact) mass is 338 g/mol. The summed E-state index contributed by atoms with van der Waals surface area (Å²) >= 11 is 0. The smallest absolute Gasteiger partial charge is 0.270 e. The van der Waals surface area contributed by atoms with Gasteiger partial charge in [0.15, 0.2) is 0 Å². The minimum Gasteiger partial charge on any atom is -0.497 e. The van der Waals surface area contributed by atoms with Crippen molar-refractivity contribution in [2.24, 2.45) is 0 Å². The van der Waals surface area contributed by atoms with Crippen LogP contribution in [0.1, 0.15) is 28.9 Å². The first-order valence-electron chi connectivity index (χ1n) is 8.37. The molecule has 128 valence electrons. The number of nitrogens with zero attached hydrogens (tertiary/aromatic N) is 1. The van der Waals surface area contributed by atoms with Gasteiger partial charge in [-0.25, -0.2) is 4.39 Å². The SMILES string of the molecule is COc1ccc(CN(C(=O)c2cc3c(F)cccc3[nH]2)C2CC2)cc1. The molecule has 0 atom stereocenters. The molecular weight excluding hydrogens is 319 g/mol. The van der Waals surface area contributed by atoms with Gasteiger partial charge < -0.3 is 14.6 Å². The summed E-state index contributed by atoms with van der Waals surface area (Å²) < 4.78 is 19.1. The fourth-order valence-corrected chi connectivity index (χ4v) is 3.07. The first-order valence-corrected chi connectivity index (χ1v) is 8.37. The molecule has 1 aliphatic rings. The highest BCUT2D eigenvalue weighted by atomic mass is 19.1. The fourth-order valence-electron chi connectivity index (χ4n) is 3.07. The zero-order chi connectivity index (χ0) is 17.4. The normalized spacial score (nSPS) is 13.8. The molecule has 25 heavy (non-hydrogen) atoms. The lowest BCUT2D eigenvalue weighted by Gasteiger charge is -2.22. The molecule has 1 fully saturated rings. The van der Waals surface area contributed by atoms with E-state index in [-0.39, 0.29) is 17.8 Å². The van der Waals surface area contributed by atoms with Gasteiger partial charge in [-0.1, -0.05) is 18.2 Å². The average Bonchev–Trinajstić information content (AvgIpc) is 3.37. The number of halogens is 1. The maximum absolute atomic E-state index is 13.9. The van der Waals surface area contributed by atoms with E-state index in [2.05, 4.69) is 4.98 Å². The van der Waals surface area contributed by atoms with E-state index in [0.717, 1.165) is 24.2 Å². The molecule has 0 unspecified atom stereocenters. The summed E-state index contributed by atoms with van der Waals surface area (Å²) in [4.78, 5) is 17.9. The van der Waals surface area contributed by atoms with Gasteiger partial charge in [-0.15, -0.1) is 0 Å². The third-order valence-electron chi connectivity index (χ3n) is 4.60. The number of ether oxygens (including phenoxy) is 1. The molecule has 4 rings (SSSR count). The Balaban J connectivity index is 1.60. The first kappa shape index (κ1) is 15.7. The van der Waals surface area contributed by atoms with Crippen LogP contribution in [-0.4, -0.2) is 28.9 Å². The molecule has 0 radical (unpaired) electrons. The van der Waals surface area contributed by atoms with Crippen molar-refractivity contribution in [2.45, 2.75) is 25.4 Å². The molecule has 1 saturated carbocycles. The Bertz CT molecular complexity index is 913. The number of H-pyrrole nitrogens is 1. The summed E-state index contributed by atoms with van der Waals surface area (Å²) in [6, 6.07) is 14.4. The predicted octanol–water partition coefficient (Wildman–Crippen LogP) is 4.12. The number of methoxy groups -OCH3 is 1. The number of amides is 1. The summed E-state index contributed by atoms with van der Waals surface area (Å²) in [5, 5.41) is 0.450. The van der Waals surface area contributed by atoms with Crippen LogP contribution in [0.3, 0.4) is 0 Å². The largest absolute Gasteiger partial charge is 0.497 e. The van der Waals surface area contributed by atoms with E-state index in [0.29, 0.717) is 23.1 Å². The number of aromatic amines is 1. The maximum Gasteiger partial charge on any atom is 0.270 e. The molecule has 0 bridgehead atoms. The number of carbonyl (C=O) groups excluding carboxylic acids is 1. The Morgan fingerprint density at radius 3 is 2.64 bits per heavy atom. The van der Waals surface area contributed by atoms with Crippen LogP contribution in [0, 0.1) is 5.82 Å². The Kier molecular flexibility index (Phi) is 3.92. The van der Waals surface area contributed by atoms with Crippen molar-refractivity contribution in [1.29, 1.82) is 0 Å². The summed E-state index contributed by atoms with van der Waals surface area (Å²) in [6.07, 6.45) is 2.02. The molecule has 4 nitrogen and oxygen atoms in total. The van der Waals surface area contributed by atoms with Crippen LogP contribution in [0.4, 0.5) is 4.39 Å². The van der Waals surface area contributed by atoms with Gasteiger partial charge in [0.1, 0.15) is 17.3 Å². The number of aromatic nitrogens is 1. The summed E-state index contributed by atoms with van der Waals surface area (Å²) in [7, 11) is 1.63. The van der Waals surface area contributed by atoms with Crippen molar-refractivity contribution >= 4 is 16.8 Å². The zero-order valence-electron chi connectivity index (χ0n) is 14.0. The molecule has 0 aliphatic heterocycles. The third kappa shape index (κ3) is 3.09. The molecule has 0 saturated heterocycles. The van der Waals surface area contributed by atoms with Crippen LogP contribution < -0.4 is 4.74 Å². The maximum atomic E-state index is 13.9. The number of fused-ring (bicyclic) bond motifs is 1. The van der Waals surface area contributed by atoms with Crippen LogP contribution >= 0.6 is 0 Å². The number of hydrogen-bond acceptors (Lipinski definition) is 2. The van der Waals surface area contributed by atoms with Crippen molar-refractivity contribution in [3.05, 3.63) is 65.6 Å². The number of hydrogen-bond donors (Lipinski definition) is 1. The molecule has 1 aromatic heterocycles. The van der Waals surface area contributed by atoms with Gasteiger partial charge in [-0.2, -0.15) is 0 Å². The van der Waals surface area contributed by atoms with Crippen LogP contribution in [0.5, 0.6) is 5.75 Å². The predicted molar refractivity (Wildman–Crippen MR) is 94.1 cm³/mol. The summed E-state index contributed by atoms with van der Waals surface area (Å²) in [6.45, 7) is 0.533. The molecular formula is C20H19FN2O2. The van der Waals surface area contributed by atoms with Crippen molar-refractivity contribution < 1.29 is 13.9 Å². The van der Waals surface area contributed by atoms with E-state index in [9.17, 15) is 9.18 Å². The Morgan fingerprint density at radius 1 is 1.24 bits per heavy atom. The van der Waals surface area contributed by atoms with Gasteiger partial charge in [0.05, 0.1) is 7.11 Å². The molecule has 1 aliphatic carbocycles. The van der Waals surface area contributed by atoms with E-state index in [1.54, 1.807) is 25.3 Å². The minimum absolute atomic E-state index is 0.0890. The number of nitrogens with one attached hydrogen (secondary N) is 1. The van der Waals surface area contributed by atoms with E-state index < -0.39 is 0 Å². The minimum atomic E-state index is -0.319. The highest BCUT2D eigenvalue weighted by molar-refractivity contribution is 5.98. The van der Waals surface area contributed by atoms with Crippen molar-refractivity contribution in [1.82, 2.24) is 9.88 Å². The van der Waals surface area contributed by atoms with Gasteiger partial charge in [-0.3, -0.25) is 4.79 Å². The fraction of sp³-hybridized carbons (Fsp3) is 0.250. The highest BCUT2D eigenvalue weighted by Crippen LogP contribution is 2.31. The lowest BCUT2D eigenvalue weighted by atomic mass is 10.2. The standard InChI is InChI=1S/C20H19FN2O2/c1-25-15-9-5-13(6-10-15)12-23(14-7-8-14)20(24)19-11-16-17(21)3-2-4-18(16)22-19/h2-6,9-11,14,22H,7-8,12H2,1H3. The second-order valence-electron chi connectivity index (χ2n) is 6.40. The molecule has 0 spiro atoms. The van der Waals surface area contributed by atoms with Gasteiger partial charge in [-0.05, 0) is 48.7 Å². The number of carbonyl (C=O) groups is 1. The number of benzene rings is 2. The lowest BCUT2D eigenvalue weighted by molar-refractivity contribution is 0.0725. The lowest BCUT2D eigenvalue weighted by Crippen LogP contribution is -2.32. The summed E-state index contributed by atoms with van der Waals surface area (Å²) in [5.41, 5.74) is 2.12. The Labute approximate surface area is 145 Å². The second-order valence-corrected chi connectivity index (χ2v) is 6.40. The average molecular weight is 338 g/mol. The van der Waals surface area contributed by atoms with Crippen LogP contribution in [0.2, 0.25) is 0 Å². The molecule has 1 heterocycles. The molecule has 5 heteroatoms. The topological polar surface area (TPSA) is 45.3 Å². The van der Waals surface area contributed by atoms with Crippen LogP contribution in [-0.2, 0) is 6.54 Å². The second kappa shape index (κ2) is 6.24. The zero-order valence-corrected chi connectivity index (χ0v) is 14.0. The first-order chi connectivity index (χ1) is 12.2. The molecule has 1 amide bonds. The van der Waals surface area contributed by atoms with Gasteiger partial charge in [0.25, 0.3) is 5.91 Å².